The second-order valence-corrected chi connectivity index (χ2v) is 5.74. The molecule has 0 radical (unpaired) electrons. The Morgan fingerprint density at radius 3 is 2.89 bits per heavy atom. The molecule has 0 aromatic carbocycles. The van der Waals surface area contributed by atoms with Crippen molar-refractivity contribution in [2.24, 2.45) is 11.7 Å². The normalized spacial score (nSPS) is 18.7. The quantitative estimate of drug-likeness (QED) is 0.866. The van der Waals surface area contributed by atoms with Gasteiger partial charge in [-0.15, -0.1) is 10.2 Å². The van der Waals surface area contributed by atoms with Crippen molar-refractivity contribution >= 4 is 17.5 Å². The maximum Gasteiger partial charge on any atom is 0.245 e. The molecule has 1 aliphatic heterocycles. The second kappa shape index (κ2) is 5.22. The first-order chi connectivity index (χ1) is 9.24. The number of aromatic amines is 1. The average Bonchev–Trinajstić information content (AvgIpc) is 3.10. The number of nitrogens with two attached hydrogens (primary N) is 1. The fraction of sp³-hybridized carbons (Fsp3) is 0.636. The van der Waals surface area contributed by atoms with Crippen LogP contribution in [-0.4, -0.2) is 43.9 Å². The minimum atomic E-state index is 0.271. The monoisotopic (exact) mass is 279 g/mol. The molecule has 3 N–H and O–H groups in total. The van der Waals surface area contributed by atoms with E-state index in [-0.39, 0.29) is 6.04 Å². The molecular formula is C11H17N7S. The number of hydrogen-bond acceptors (Lipinski definition) is 7. The number of aromatic nitrogens is 5. The molecule has 1 aliphatic rings. The molecule has 0 saturated carbocycles. The summed E-state index contributed by atoms with van der Waals surface area (Å²) in [5, 5.41) is 11.0. The minimum absolute atomic E-state index is 0.271. The lowest BCUT2D eigenvalue weighted by molar-refractivity contribution is 0.352. The molecule has 7 nitrogen and oxygen atoms in total. The van der Waals surface area contributed by atoms with Gasteiger partial charge in [-0.25, -0.2) is 0 Å². The first-order valence-electron chi connectivity index (χ1n) is 6.44. The van der Waals surface area contributed by atoms with Gasteiger partial charge in [-0.2, -0.15) is 4.98 Å². The van der Waals surface area contributed by atoms with Crippen LogP contribution >= 0.6 is 11.5 Å². The molecule has 0 amide bonds. The van der Waals surface area contributed by atoms with Crippen molar-refractivity contribution in [3.05, 3.63) is 6.20 Å². The SMILES string of the molecule is CC(N)C1CCN(c2n[nH]c(-c3cnns3)n2)CC1. The van der Waals surface area contributed by atoms with E-state index < -0.39 is 0 Å². The average molecular weight is 279 g/mol. The molecule has 0 aliphatic carbocycles. The zero-order valence-corrected chi connectivity index (χ0v) is 11.6. The Labute approximate surface area is 115 Å². The van der Waals surface area contributed by atoms with Crippen LogP contribution in [0.1, 0.15) is 19.8 Å². The Kier molecular flexibility index (Phi) is 3.43. The summed E-state index contributed by atoms with van der Waals surface area (Å²) in [6.45, 7) is 4.01. The van der Waals surface area contributed by atoms with Crippen molar-refractivity contribution in [1.82, 2.24) is 24.8 Å². The molecule has 2 aromatic rings. The van der Waals surface area contributed by atoms with Gasteiger partial charge in [0.25, 0.3) is 0 Å². The van der Waals surface area contributed by atoms with Gasteiger partial charge in [0.05, 0.1) is 6.20 Å². The Morgan fingerprint density at radius 1 is 1.47 bits per heavy atom. The number of H-pyrrole nitrogens is 1. The van der Waals surface area contributed by atoms with Crippen LogP contribution in [0.15, 0.2) is 6.20 Å². The third-order valence-corrected chi connectivity index (χ3v) is 4.31. The van der Waals surface area contributed by atoms with E-state index in [4.69, 9.17) is 5.73 Å². The third kappa shape index (κ3) is 2.59. The molecule has 0 bridgehead atoms. The summed E-state index contributed by atoms with van der Waals surface area (Å²) in [6, 6.07) is 0.271. The lowest BCUT2D eigenvalue weighted by Crippen LogP contribution is -2.40. The Morgan fingerprint density at radius 2 is 2.26 bits per heavy atom. The number of piperidine rings is 1. The molecule has 1 atom stereocenters. The summed E-state index contributed by atoms with van der Waals surface area (Å²) in [4.78, 5) is 7.61. The maximum atomic E-state index is 5.95. The number of hydrogen-bond donors (Lipinski definition) is 2. The fourth-order valence-corrected chi connectivity index (χ4v) is 2.86. The number of nitrogens with one attached hydrogen (secondary N) is 1. The molecule has 0 spiro atoms. The third-order valence-electron chi connectivity index (χ3n) is 3.63. The highest BCUT2D eigenvalue weighted by molar-refractivity contribution is 7.09. The van der Waals surface area contributed by atoms with Gasteiger partial charge >= 0.3 is 0 Å². The lowest BCUT2D eigenvalue weighted by atomic mass is 9.91. The molecule has 1 saturated heterocycles. The minimum Gasteiger partial charge on any atom is -0.340 e. The van der Waals surface area contributed by atoms with E-state index >= 15 is 0 Å². The Bertz CT molecular complexity index is 513. The Balaban J connectivity index is 1.68. The summed E-state index contributed by atoms with van der Waals surface area (Å²) in [6.07, 6.45) is 3.89. The van der Waals surface area contributed by atoms with E-state index in [1.165, 1.54) is 11.5 Å². The van der Waals surface area contributed by atoms with Gasteiger partial charge < -0.3 is 10.6 Å². The zero-order valence-electron chi connectivity index (χ0n) is 10.8. The van der Waals surface area contributed by atoms with Gasteiger partial charge in [0.1, 0.15) is 4.88 Å². The van der Waals surface area contributed by atoms with Crippen LogP contribution in [0.3, 0.4) is 0 Å². The zero-order chi connectivity index (χ0) is 13.2. The molecule has 2 aromatic heterocycles. The smallest absolute Gasteiger partial charge is 0.245 e. The molecular weight excluding hydrogens is 262 g/mol. The first-order valence-corrected chi connectivity index (χ1v) is 7.22. The van der Waals surface area contributed by atoms with Crippen LogP contribution in [-0.2, 0) is 0 Å². The van der Waals surface area contributed by atoms with E-state index in [2.05, 4.69) is 36.6 Å². The van der Waals surface area contributed by atoms with E-state index in [9.17, 15) is 0 Å². The largest absolute Gasteiger partial charge is 0.340 e. The van der Waals surface area contributed by atoms with Gasteiger partial charge in [0, 0.05) is 19.1 Å². The van der Waals surface area contributed by atoms with Gasteiger partial charge in [-0.1, -0.05) is 4.49 Å². The van der Waals surface area contributed by atoms with Gasteiger partial charge in [-0.3, -0.25) is 5.10 Å². The van der Waals surface area contributed by atoms with E-state index in [0.717, 1.165) is 42.6 Å². The highest BCUT2D eigenvalue weighted by Crippen LogP contribution is 2.24. The van der Waals surface area contributed by atoms with Gasteiger partial charge in [0.2, 0.25) is 5.95 Å². The van der Waals surface area contributed by atoms with Gasteiger partial charge in [-0.05, 0) is 37.2 Å². The predicted octanol–water partition coefficient (Wildman–Crippen LogP) is 0.887. The van der Waals surface area contributed by atoms with Crippen LogP contribution in [0.4, 0.5) is 5.95 Å². The lowest BCUT2D eigenvalue weighted by Gasteiger charge is -2.32. The van der Waals surface area contributed by atoms with Crippen molar-refractivity contribution in [2.45, 2.75) is 25.8 Å². The molecule has 102 valence electrons. The molecule has 1 unspecified atom stereocenters. The molecule has 3 heterocycles. The van der Waals surface area contributed by atoms with Crippen molar-refractivity contribution in [2.75, 3.05) is 18.0 Å². The number of nitrogens with zero attached hydrogens (tertiary/aromatic N) is 5. The summed E-state index contributed by atoms with van der Waals surface area (Å²) in [7, 11) is 0. The van der Waals surface area contributed by atoms with Crippen molar-refractivity contribution < 1.29 is 0 Å². The molecule has 19 heavy (non-hydrogen) atoms. The maximum absolute atomic E-state index is 5.95. The first kappa shape index (κ1) is 12.5. The van der Waals surface area contributed by atoms with E-state index in [1.54, 1.807) is 6.20 Å². The topological polar surface area (TPSA) is 96.6 Å². The molecule has 3 rings (SSSR count). The van der Waals surface area contributed by atoms with Crippen LogP contribution in [0.2, 0.25) is 0 Å². The van der Waals surface area contributed by atoms with Crippen LogP contribution < -0.4 is 10.6 Å². The fourth-order valence-electron chi connectivity index (χ4n) is 2.40. The number of anilines is 1. The summed E-state index contributed by atoms with van der Waals surface area (Å²) >= 11 is 1.31. The van der Waals surface area contributed by atoms with E-state index in [0.29, 0.717) is 5.92 Å². The second-order valence-electron chi connectivity index (χ2n) is 4.95. The standard InChI is InChI=1S/C11H17N7S/c1-7(12)8-2-4-18(5-3-8)11-14-10(15-16-11)9-6-13-17-19-9/h6-8H,2-5,12H2,1H3,(H,14,15,16). The van der Waals surface area contributed by atoms with Crippen LogP contribution in [0, 0.1) is 5.92 Å². The van der Waals surface area contributed by atoms with Gasteiger partial charge in [0.15, 0.2) is 5.82 Å². The van der Waals surface area contributed by atoms with E-state index in [1.807, 2.05) is 0 Å². The summed E-state index contributed by atoms with van der Waals surface area (Å²) in [5.74, 6) is 2.10. The summed E-state index contributed by atoms with van der Waals surface area (Å²) in [5.41, 5.74) is 5.95. The summed E-state index contributed by atoms with van der Waals surface area (Å²) < 4.78 is 3.83. The molecule has 1 fully saturated rings. The predicted molar refractivity (Wildman–Crippen MR) is 73.9 cm³/mol. The van der Waals surface area contributed by atoms with Crippen LogP contribution in [0.5, 0.6) is 0 Å². The highest BCUT2D eigenvalue weighted by Gasteiger charge is 2.24. The van der Waals surface area contributed by atoms with Crippen molar-refractivity contribution in [1.29, 1.82) is 0 Å². The highest BCUT2D eigenvalue weighted by atomic mass is 32.1. The molecule has 8 heteroatoms. The van der Waals surface area contributed by atoms with Crippen molar-refractivity contribution in [3.8, 4) is 10.7 Å². The van der Waals surface area contributed by atoms with Crippen molar-refractivity contribution in [3.63, 3.8) is 0 Å². The Hall–Kier alpha value is -1.54. The van der Waals surface area contributed by atoms with Crippen LogP contribution in [0.25, 0.3) is 10.7 Å². The number of rotatable bonds is 3.